The van der Waals surface area contributed by atoms with E-state index in [9.17, 15) is 14.4 Å². The largest absolute Gasteiger partial charge is 0.444 e. The van der Waals surface area contributed by atoms with E-state index < -0.39 is 5.60 Å². The third-order valence-electron chi connectivity index (χ3n) is 6.21. The molecule has 7 heteroatoms. The van der Waals surface area contributed by atoms with Gasteiger partial charge < -0.3 is 19.9 Å². The first-order chi connectivity index (χ1) is 14.5. The number of likely N-dealkylation sites (tertiary alicyclic amines) is 1. The molecule has 1 N–H and O–H groups in total. The van der Waals surface area contributed by atoms with Crippen LogP contribution in [0.25, 0.3) is 0 Å². The zero-order chi connectivity index (χ0) is 23.0. The van der Waals surface area contributed by atoms with E-state index >= 15 is 0 Å². The molecule has 0 bridgehead atoms. The van der Waals surface area contributed by atoms with Crippen LogP contribution in [0.2, 0.25) is 0 Å². The Morgan fingerprint density at radius 1 is 1.03 bits per heavy atom. The second-order valence-electron chi connectivity index (χ2n) is 10.6. The van der Waals surface area contributed by atoms with Crippen molar-refractivity contribution in [2.75, 3.05) is 26.2 Å². The highest BCUT2D eigenvalue weighted by Gasteiger charge is 2.30. The van der Waals surface area contributed by atoms with Crippen molar-refractivity contribution in [1.82, 2.24) is 15.1 Å². The van der Waals surface area contributed by atoms with Crippen LogP contribution in [0.5, 0.6) is 0 Å². The van der Waals surface area contributed by atoms with Gasteiger partial charge in [-0.15, -0.1) is 0 Å². The molecule has 0 aromatic carbocycles. The molecule has 3 amide bonds. The summed E-state index contributed by atoms with van der Waals surface area (Å²) < 4.78 is 5.56. The highest BCUT2D eigenvalue weighted by atomic mass is 16.6. The molecule has 1 aliphatic heterocycles. The summed E-state index contributed by atoms with van der Waals surface area (Å²) in [6.45, 7) is 11.5. The Morgan fingerprint density at radius 3 is 2.29 bits per heavy atom. The van der Waals surface area contributed by atoms with Crippen molar-refractivity contribution in [3.8, 4) is 0 Å². The van der Waals surface area contributed by atoms with E-state index in [2.05, 4.69) is 5.32 Å². The number of hydrogen-bond acceptors (Lipinski definition) is 4. The minimum absolute atomic E-state index is 0.00952. The molecule has 0 aromatic heterocycles. The fourth-order valence-corrected chi connectivity index (χ4v) is 4.55. The van der Waals surface area contributed by atoms with Crippen LogP contribution >= 0.6 is 0 Å². The number of amides is 3. The van der Waals surface area contributed by atoms with E-state index in [0.717, 1.165) is 25.7 Å². The first kappa shape index (κ1) is 25.5. The van der Waals surface area contributed by atoms with Gasteiger partial charge in [0.15, 0.2) is 0 Å². The second kappa shape index (κ2) is 11.7. The quantitative estimate of drug-likeness (QED) is 0.654. The van der Waals surface area contributed by atoms with E-state index in [-0.39, 0.29) is 36.4 Å². The maximum atomic E-state index is 12.7. The summed E-state index contributed by atoms with van der Waals surface area (Å²) in [5, 5.41) is 2.83. The molecule has 31 heavy (non-hydrogen) atoms. The molecule has 1 atom stereocenters. The van der Waals surface area contributed by atoms with Crippen molar-refractivity contribution in [3.05, 3.63) is 0 Å². The highest BCUT2D eigenvalue weighted by Crippen LogP contribution is 2.26. The zero-order valence-electron chi connectivity index (χ0n) is 20.2. The SMILES string of the molecule is CC(C)N(CC1CCCN(C(=O)CNC(=O)CC2CCCCC2)C1)C(=O)OC(C)(C)C. The average molecular weight is 438 g/mol. The molecule has 0 radical (unpaired) electrons. The van der Waals surface area contributed by atoms with E-state index in [4.69, 9.17) is 4.74 Å². The summed E-state index contributed by atoms with van der Waals surface area (Å²) in [4.78, 5) is 41.1. The van der Waals surface area contributed by atoms with Gasteiger partial charge in [0.05, 0.1) is 6.54 Å². The van der Waals surface area contributed by atoms with Crippen molar-refractivity contribution in [2.24, 2.45) is 11.8 Å². The van der Waals surface area contributed by atoms with Gasteiger partial charge in [0, 0.05) is 32.1 Å². The zero-order valence-corrected chi connectivity index (χ0v) is 20.2. The Hall–Kier alpha value is -1.79. The van der Waals surface area contributed by atoms with Crippen molar-refractivity contribution in [2.45, 2.75) is 97.6 Å². The van der Waals surface area contributed by atoms with Gasteiger partial charge in [0.1, 0.15) is 5.60 Å². The van der Waals surface area contributed by atoms with Crippen LogP contribution < -0.4 is 5.32 Å². The minimum Gasteiger partial charge on any atom is -0.444 e. The lowest BCUT2D eigenvalue weighted by Crippen LogP contribution is -2.49. The normalized spacial score (nSPS) is 20.5. The van der Waals surface area contributed by atoms with Gasteiger partial charge in [0.25, 0.3) is 0 Å². The number of hydrogen-bond donors (Lipinski definition) is 1. The standard InChI is InChI=1S/C24H43N3O4/c1-18(2)27(23(30)31-24(3,4)5)17-20-12-9-13-26(16-20)22(29)15-25-21(28)14-19-10-7-6-8-11-19/h18-20H,6-17H2,1-5H3,(H,25,28). The van der Waals surface area contributed by atoms with Crippen LogP contribution in [0.15, 0.2) is 0 Å². The molecule has 1 saturated carbocycles. The van der Waals surface area contributed by atoms with E-state index in [1.54, 1.807) is 4.90 Å². The molecule has 178 valence electrons. The lowest BCUT2D eigenvalue weighted by Gasteiger charge is -2.37. The molecule has 1 heterocycles. The van der Waals surface area contributed by atoms with Crippen LogP contribution in [-0.2, 0) is 14.3 Å². The van der Waals surface area contributed by atoms with Crippen molar-refractivity contribution >= 4 is 17.9 Å². The van der Waals surface area contributed by atoms with E-state index in [0.29, 0.717) is 32.0 Å². The second-order valence-corrected chi connectivity index (χ2v) is 10.6. The fourth-order valence-electron chi connectivity index (χ4n) is 4.55. The minimum atomic E-state index is -0.533. The molecule has 2 rings (SSSR count). The van der Waals surface area contributed by atoms with Crippen molar-refractivity contribution in [3.63, 3.8) is 0 Å². The third kappa shape index (κ3) is 9.08. The van der Waals surface area contributed by atoms with Crippen molar-refractivity contribution in [1.29, 1.82) is 0 Å². The third-order valence-corrected chi connectivity index (χ3v) is 6.21. The summed E-state index contributed by atoms with van der Waals surface area (Å²) in [6.07, 6.45) is 8.06. The smallest absolute Gasteiger partial charge is 0.410 e. The maximum Gasteiger partial charge on any atom is 0.410 e. The number of piperidine rings is 1. The summed E-state index contributed by atoms with van der Waals surface area (Å²) in [7, 11) is 0. The monoisotopic (exact) mass is 437 g/mol. The number of carbonyl (C=O) groups is 3. The van der Waals surface area contributed by atoms with E-state index in [1.807, 2.05) is 39.5 Å². The molecule has 1 unspecified atom stereocenters. The molecule has 0 aromatic rings. The molecule has 1 aliphatic carbocycles. The Labute approximate surface area is 188 Å². The fraction of sp³-hybridized carbons (Fsp3) is 0.875. The highest BCUT2D eigenvalue weighted by molar-refractivity contribution is 5.84. The molecule has 0 spiro atoms. The van der Waals surface area contributed by atoms with Gasteiger partial charge in [0.2, 0.25) is 11.8 Å². The predicted molar refractivity (Wildman–Crippen MR) is 122 cm³/mol. The Balaban J connectivity index is 1.80. The van der Waals surface area contributed by atoms with Crippen LogP contribution in [0.4, 0.5) is 4.79 Å². The first-order valence-corrected chi connectivity index (χ1v) is 12.1. The topological polar surface area (TPSA) is 79.0 Å². The Morgan fingerprint density at radius 2 is 1.68 bits per heavy atom. The average Bonchev–Trinajstić information content (AvgIpc) is 2.69. The number of carbonyl (C=O) groups excluding carboxylic acids is 3. The number of ether oxygens (including phenoxy) is 1. The van der Waals surface area contributed by atoms with Gasteiger partial charge in [-0.25, -0.2) is 4.79 Å². The lowest BCUT2D eigenvalue weighted by atomic mass is 9.87. The molecule has 7 nitrogen and oxygen atoms in total. The molecule has 2 aliphatic rings. The molecular formula is C24H43N3O4. The number of nitrogens with one attached hydrogen (secondary N) is 1. The predicted octanol–water partition coefficient (Wildman–Crippen LogP) is 3.96. The van der Waals surface area contributed by atoms with Gasteiger partial charge in [-0.2, -0.15) is 0 Å². The van der Waals surface area contributed by atoms with Crippen LogP contribution in [0.3, 0.4) is 0 Å². The van der Waals surface area contributed by atoms with Crippen LogP contribution in [0.1, 0.15) is 86.0 Å². The van der Waals surface area contributed by atoms with Gasteiger partial charge >= 0.3 is 6.09 Å². The first-order valence-electron chi connectivity index (χ1n) is 12.1. The number of rotatable bonds is 7. The summed E-state index contributed by atoms with van der Waals surface area (Å²) in [5.41, 5.74) is -0.533. The van der Waals surface area contributed by atoms with E-state index in [1.165, 1.54) is 19.3 Å². The maximum absolute atomic E-state index is 12.7. The molecule has 2 fully saturated rings. The van der Waals surface area contributed by atoms with Crippen molar-refractivity contribution < 1.29 is 19.1 Å². The van der Waals surface area contributed by atoms with Gasteiger partial charge in [-0.1, -0.05) is 19.3 Å². The Bertz CT molecular complexity index is 608. The number of nitrogens with zero attached hydrogens (tertiary/aromatic N) is 2. The summed E-state index contributed by atoms with van der Waals surface area (Å²) >= 11 is 0. The lowest BCUT2D eigenvalue weighted by molar-refractivity contribution is -0.134. The van der Waals surface area contributed by atoms with Gasteiger partial charge in [-0.3, -0.25) is 9.59 Å². The molecule has 1 saturated heterocycles. The van der Waals surface area contributed by atoms with Crippen LogP contribution in [-0.4, -0.2) is 65.5 Å². The summed E-state index contributed by atoms with van der Waals surface area (Å²) in [6, 6.07) is 0.0278. The van der Waals surface area contributed by atoms with Gasteiger partial charge in [-0.05, 0) is 72.1 Å². The molecular weight excluding hydrogens is 394 g/mol. The summed E-state index contributed by atoms with van der Waals surface area (Å²) in [5.74, 6) is 0.642. The Kier molecular flexibility index (Phi) is 9.63. The van der Waals surface area contributed by atoms with Crippen LogP contribution in [0, 0.1) is 11.8 Å².